The Morgan fingerprint density at radius 2 is 2.00 bits per heavy atom. The maximum Gasteiger partial charge on any atom is 0.412 e. The molecule has 0 aliphatic carbocycles. The standard InChI is InChI=1S/C18H17BrFNO5/c19-12-6-7-13(17(16(12)20)24-10-15-14(8-22)26-15)21-18(23)25-9-11-4-2-1-3-5-11/h1-7,14-15,22H,8-10H2,(H,21,23)/t14-,15+/m0/s1. The second-order valence-electron chi connectivity index (χ2n) is 5.63. The number of benzene rings is 2. The van der Waals surface area contributed by atoms with Gasteiger partial charge in [0.25, 0.3) is 0 Å². The number of carbonyl (C=O) groups is 1. The van der Waals surface area contributed by atoms with Crippen molar-refractivity contribution in [2.75, 3.05) is 18.5 Å². The second-order valence-corrected chi connectivity index (χ2v) is 6.49. The molecule has 0 spiro atoms. The third-order valence-electron chi connectivity index (χ3n) is 3.76. The lowest BCUT2D eigenvalue weighted by Gasteiger charge is -2.14. The first kappa shape index (κ1) is 18.6. The van der Waals surface area contributed by atoms with E-state index in [1.54, 1.807) is 0 Å². The number of carbonyl (C=O) groups excluding carboxylic acids is 1. The normalized spacial score (nSPS) is 18.3. The Morgan fingerprint density at radius 1 is 1.23 bits per heavy atom. The molecule has 26 heavy (non-hydrogen) atoms. The largest absolute Gasteiger partial charge is 0.485 e. The molecule has 8 heteroatoms. The molecular weight excluding hydrogens is 409 g/mol. The number of anilines is 1. The van der Waals surface area contributed by atoms with Crippen molar-refractivity contribution in [1.29, 1.82) is 0 Å². The maximum absolute atomic E-state index is 14.4. The molecule has 1 heterocycles. The van der Waals surface area contributed by atoms with Crippen LogP contribution in [0.4, 0.5) is 14.9 Å². The lowest BCUT2D eigenvalue weighted by molar-refractivity contribution is 0.155. The highest BCUT2D eigenvalue weighted by atomic mass is 79.9. The highest BCUT2D eigenvalue weighted by Gasteiger charge is 2.39. The summed E-state index contributed by atoms with van der Waals surface area (Å²) >= 11 is 3.09. The molecule has 1 amide bonds. The summed E-state index contributed by atoms with van der Waals surface area (Å²) in [5.74, 6) is -0.768. The molecule has 0 saturated carbocycles. The minimum Gasteiger partial charge on any atom is -0.485 e. The molecule has 2 aromatic rings. The van der Waals surface area contributed by atoms with Gasteiger partial charge in [-0.25, -0.2) is 9.18 Å². The first-order valence-corrected chi connectivity index (χ1v) is 8.72. The number of hydrogen-bond acceptors (Lipinski definition) is 5. The van der Waals surface area contributed by atoms with E-state index in [0.717, 1.165) is 5.56 Å². The van der Waals surface area contributed by atoms with Crippen LogP contribution < -0.4 is 10.1 Å². The molecule has 2 aromatic carbocycles. The molecule has 0 aromatic heterocycles. The highest BCUT2D eigenvalue weighted by Crippen LogP contribution is 2.34. The van der Waals surface area contributed by atoms with Gasteiger partial charge in [-0.05, 0) is 33.6 Å². The number of epoxide rings is 1. The zero-order valence-corrected chi connectivity index (χ0v) is 15.2. The fourth-order valence-electron chi connectivity index (χ4n) is 2.29. The van der Waals surface area contributed by atoms with Crippen LogP contribution in [0, 0.1) is 5.82 Å². The molecule has 2 N–H and O–H groups in total. The van der Waals surface area contributed by atoms with Crippen molar-refractivity contribution < 1.29 is 28.5 Å². The van der Waals surface area contributed by atoms with Crippen molar-refractivity contribution in [3.8, 4) is 5.75 Å². The molecule has 6 nitrogen and oxygen atoms in total. The Hall–Kier alpha value is -2.16. The summed E-state index contributed by atoms with van der Waals surface area (Å²) in [6.45, 7) is 0.0359. The summed E-state index contributed by atoms with van der Waals surface area (Å²) in [6.07, 6.45) is -1.31. The van der Waals surface area contributed by atoms with E-state index >= 15 is 0 Å². The van der Waals surface area contributed by atoms with Gasteiger partial charge in [0, 0.05) is 0 Å². The van der Waals surface area contributed by atoms with Crippen LogP contribution in [0.1, 0.15) is 5.56 Å². The van der Waals surface area contributed by atoms with Crippen LogP contribution in [0.25, 0.3) is 0 Å². The summed E-state index contributed by atoms with van der Waals surface area (Å²) in [7, 11) is 0. The zero-order valence-electron chi connectivity index (χ0n) is 13.7. The predicted molar refractivity (Wildman–Crippen MR) is 95.6 cm³/mol. The topological polar surface area (TPSA) is 80.3 Å². The van der Waals surface area contributed by atoms with Gasteiger partial charge in [-0.2, -0.15) is 0 Å². The molecular formula is C18H17BrFNO5. The number of aliphatic hydroxyl groups is 1. The lowest BCUT2D eigenvalue weighted by Crippen LogP contribution is -2.16. The minimum absolute atomic E-state index is 0.0618. The Balaban J connectivity index is 1.62. The number of aliphatic hydroxyl groups excluding tert-OH is 1. The van der Waals surface area contributed by atoms with E-state index < -0.39 is 11.9 Å². The van der Waals surface area contributed by atoms with Crippen molar-refractivity contribution in [2.45, 2.75) is 18.8 Å². The molecule has 3 rings (SSSR count). The fraction of sp³-hybridized carbons (Fsp3) is 0.278. The van der Waals surface area contributed by atoms with Crippen LogP contribution in [0.3, 0.4) is 0 Å². The second kappa shape index (κ2) is 8.48. The number of rotatable bonds is 7. The van der Waals surface area contributed by atoms with E-state index in [0.29, 0.717) is 0 Å². The van der Waals surface area contributed by atoms with E-state index in [-0.39, 0.29) is 47.9 Å². The van der Waals surface area contributed by atoms with Crippen molar-refractivity contribution in [3.05, 3.63) is 58.3 Å². The number of halogens is 2. The predicted octanol–water partition coefficient (Wildman–Crippen LogP) is 3.48. The van der Waals surface area contributed by atoms with Crippen LogP contribution in [0.15, 0.2) is 46.9 Å². The summed E-state index contributed by atoms with van der Waals surface area (Å²) in [5, 5.41) is 11.4. The van der Waals surface area contributed by atoms with Crippen LogP contribution in [-0.4, -0.2) is 36.6 Å². The third-order valence-corrected chi connectivity index (χ3v) is 4.37. The van der Waals surface area contributed by atoms with Crippen LogP contribution >= 0.6 is 15.9 Å². The van der Waals surface area contributed by atoms with E-state index in [1.165, 1.54) is 12.1 Å². The van der Waals surface area contributed by atoms with Gasteiger partial charge in [0.2, 0.25) is 0 Å². The summed E-state index contributed by atoms with van der Waals surface area (Å²) in [6, 6.07) is 12.2. The zero-order chi connectivity index (χ0) is 18.5. The van der Waals surface area contributed by atoms with Gasteiger partial charge in [0.05, 0.1) is 16.8 Å². The Bertz CT molecular complexity index is 774. The van der Waals surface area contributed by atoms with Crippen molar-refractivity contribution in [3.63, 3.8) is 0 Å². The van der Waals surface area contributed by atoms with Crippen LogP contribution in [-0.2, 0) is 16.1 Å². The molecule has 1 fully saturated rings. The van der Waals surface area contributed by atoms with E-state index in [9.17, 15) is 9.18 Å². The van der Waals surface area contributed by atoms with E-state index in [4.69, 9.17) is 19.3 Å². The fourth-order valence-corrected chi connectivity index (χ4v) is 2.60. The Kier molecular flexibility index (Phi) is 6.08. The van der Waals surface area contributed by atoms with Gasteiger partial charge in [0.15, 0.2) is 11.6 Å². The Morgan fingerprint density at radius 3 is 2.69 bits per heavy atom. The SMILES string of the molecule is O=C(Nc1ccc(Br)c(F)c1OC[C@H]1O[C@H]1CO)OCc1ccccc1. The minimum atomic E-state index is -0.726. The van der Waals surface area contributed by atoms with Crippen molar-refractivity contribution in [2.24, 2.45) is 0 Å². The van der Waals surface area contributed by atoms with Crippen molar-refractivity contribution >= 4 is 27.7 Å². The van der Waals surface area contributed by atoms with Gasteiger partial charge >= 0.3 is 6.09 Å². The van der Waals surface area contributed by atoms with Gasteiger partial charge < -0.3 is 19.3 Å². The van der Waals surface area contributed by atoms with Crippen LogP contribution in [0.5, 0.6) is 5.75 Å². The first-order chi connectivity index (χ1) is 12.6. The quantitative estimate of drug-likeness (QED) is 0.663. The number of hydrogen-bond donors (Lipinski definition) is 2. The van der Waals surface area contributed by atoms with Gasteiger partial charge in [0.1, 0.15) is 25.4 Å². The summed E-state index contributed by atoms with van der Waals surface area (Å²) in [5.41, 5.74) is 0.979. The van der Waals surface area contributed by atoms with Crippen LogP contribution in [0.2, 0.25) is 0 Å². The van der Waals surface area contributed by atoms with Gasteiger partial charge in [-0.15, -0.1) is 0 Å². The molecule has 0 unspecified atom stereocenters. The summed E-state index contributed by atoms with van der Waals surface area (Å²) < 4.78 is 30.3. The molecule has 1 saturated heterocycles. The monoisotopic (exact) mass is 425 g/mol. The van der Waals surface area contributed by atoms with Crippen molar-refractivity contribution in [1.82, 2.24) is 0 Å². The average molecular weight is 426 g/mol. The highest BCUT2D eigenvalue weighted by molar-refractivity contribution is 9.10. The molecule has 138 valence electrons. The van der Waals surface area contributed by atoms with Gasteiger partial charge in [-0.3, -0.25) is 5.32 Å². The molecule has 0 bridgehead atoms. The molecule has 0 radical (unpaired) electrons. The van der Waals surface area contributed by atoms with E-state index in [1.807, 2.05) is 30.3 Å². The number of ether oxygens (including phenoxy) is 3. The molecule has 2 atom stereocenters. The molecule has 1 aliphatic rings. The number of amides is 1. The third kappa shape index (κ3) is 4.72. The smallest absolute Gasteiger partial charge is 0.412 e. The van der Waals surface area contributed by atoms with Gasteiger partial charge in [-0.1, -0.05) is 30.3 Å². The van der Waals surface area contributed by atoms with E-state index in [2.05, 4.69) is 21.2 Å². The Labute approximate surface area is 158 Å². The first-order valence-electron chi connectivity index (χ1n) is 7.93. The molecule has 1 aliphatic heterocycles. The maximum atomic E-state index is 14.4. The summed E-state index contributed by atoms with van der Waals surface area (Å²) in [4.78, 5) is 12.0. The lowest BCUT2D eigenvalue weighted by atomic mass is 10.2. The number of nitrogens with one attached hydrogen (secondary N) is 1. The average Bonchev–Trinajstić information content (AvgIpc) is 3.42.